The van der Waals surface area contributed by atoms with E-state index in [-0.39, 0.29) is 0 Å². The van der Waals surface area contributed by atoms with Crippen LogP contribution in [0.15, 0.2) is 4.99 Å². The zero-order chi connectivity index (χ0) is 14.6. The summed E-state index contributed by atoms with van der Waals surface area (Å²) in [5, 5.41) is 4.83. The van der Waals surface area contributed by atoms with Gasteiger partial charge in [-0.15, -0.1) is 0 Å². The molecule has 116 valence electrons. The molecule has 1 unspecified atom stereocenters. The van der Waals surface area contributed by atoms with E-state index < -0.39 is 0 Å². The van der Waals surface area contributed by atoms with Gasteiger partial charge in [0.1, 0.15) is 0 Å². The SMILES string of the molecule is CN1CCC(CCN=C2NC(C(C)(C)C)CCS2)CC1. The van der Waals surface area contributed by atoms with Crippen LogP contribution in [0.4, 0.5) is 0 Å². The van der Waals surface area contributed by atoms with Gasteiger partial charge in [0, 0.05) is 18.3 Å². The fourth-order valence-corrected chi connectivity index (χ4v) is 3.93. The van der Waals surface area contributed by atoms with Gasteiger partial charge in [-0.2, -0.15) is 0 Å². The van der Waals surface area contributed by atoms with Crippen LogP contribution >= 0.6 is 11.8 Å². The molecule has 0 spiro atoms. The van der Waals surface area contributed by atoms with Crippen molar-refractivity contribution in [1.29, 1.82) is 0 Å². The van der Waals surface area contributed by atoms with E-state index in [0.717, 1.165) is 12.5 Å². The molecule has 2 heterocycles. The average Bonchev–Trinajstić information content (AvgIpc) is 2.40. The van der Waals surface area contributed by atoms with Gasteiger partial charge in [0.15, 0.2) is 5.17 Å². The van der Waals surface area contributed by atoms with Crippen molar-refractivity contribution >= 4 is 16.9 Å². The van der Waals surface area contributed by atoms with Crippen LogP contribution in [0.3, 0.4) is 0 Å². The summed E-state index contributed by atoms with van der Waals surface area (Å²) in [5.41, 5.74) is 0.329. The summed E-state index contributed by atoms with van der Waals surface area (Å²) in [6.45, 7) is 10.5. The smallest absolute Gasteiger partial charge is 0.156 e. The molecule has 4 heteroatoms. The largest absolute Gasteiger partial charge is 0.362 e. The molecule has 0 radical (unpaired) electrons. The number of nitrogens with zero attached hydrogens (tertiary/aromatic N) is 2. The number of piperidine rings is 1. The summed E-state index contributed by atoms with van der Waals surface area (Å²) < 4.78 is 0. The van der Waals surface area contributed by atoms with E-state index in [1.807, 2.05) is 11.8 Å². The van der Waals surface area contributed by atoms with Gasteiger partial charge >= 0.3 is 0 Å². The minimum absolute atomic E-state index is 0.329. The Labute approximate surface area is 129 Å². The van der Waals surface area contributed by atoms with E-state index in [2.05, 4.69) is 38.0 Å². The molecule has 2 aliphatic heterocycles. The van der Waals surface area contributed by atoms with Gasteiger partial charge in [-0.05, 0) is 57.2 Å². The summed E-state index contributed by atoms with van der Waals surface area (Å²) in [4.78, 5) is 7.25. The Morgan fingerprint density at radius 3 is 2.60 bits per heavy atom. The monoisotopic (exact) mass is 297 g/mol. The van der Waals surface area contributed by atoms with Crippen molar-refractivity contribution in [2.24, 2.45) is 16.3 Å². The molecule has 2 saturated heterocycles. The normalized spacial score (nSPS) is 28.6. The third-order valence-electron chi connectivity index (χ3n) is 4.62. The topological polar surface area (TPSA) is 27.6 Å². The summed E-state index contributed by atoms with van der Waals surface area (Å²) >= 11 is 1.90. The minimum Gasteiger partial charge on any atom is -0.362 e. The van der Waals surface area contributed by atoms with Crippen LogP contribution in [0.25, 0.3) is 0 Å². The van der Waals surface area contributed by atoms with Crippen LogP contribution in [0.5, 0.6) is 0 Å². The van der Waals surface area contributed by atoms with E-state index >= 15 is 0 Å². The van der Waals surface area contributed by atoms with Crippen molar-refractivity contribution < 1.29 is 0 Å². The lowest BCUT2D eigenvalue weighted by Crippen LogP contribution is -2.46. The maximum absolute atomic E-state index is 4.81. The number of thioether (sulfide) groups is 1. The summed E-state index contributed by atoms with van der Waals surface area (Å²) in [6, 6.07) is 0.575. The number of amidine groups is 1. The molecule has 1 atom stereocenters. The maximum Gasteiger partial charge on any atom is 0.156 e. The second-order valence-electron chi connectivity index (χ2n) is 7.42. The standard InChI is InChI=1S/C16H31N3S/c1-16(2,3)14-8-12-20-15(18-14)17-9-5-13-6-10-19(4)11-7-13/h13-14H,5-12H2,1-4H3,(H,17,18). The van der Waals surface area contributed by atoms with E-state index in [9.17, 15) is 0 Å². The highest BCUT2D eigenvalue weighted by molar-refractivity contribution is 8.13. The van der Waals surface area contributed by atoms with Crippen LogP contribution in [-0.4, -0.2) is 48.5 Å². The molecule has 0 aromatic rings. The Hall–Kier alpha value is -0.220. The number of nitrogens with one attached hydrogen (secondary N) is 1. The third-order valence-corrected chi connectivity index (χ3v) is 5.58. The second-order valence-corrected chi connectivity index (χ2v) is 8.51. The van der Waals surface area contributed by atoms with Gasteiger partial charge in [-0.1, -0.05) is 32.5 Å². The van der Waals surface area contributed by atoms with Crippen LogP contribution in [0.1, 0.15) is 46.5 Å². The Kier molecular flexibility index (Phi) is 5.79. The van der Waals surface area contributed by atoms with Crippen molar-refractivity contribution in [3.05, 3.63) is 0 Å². The Morgan fingerprint density at radius 1 is 1.25 bits per heavy atom. The first-order valence-electron chi connectivity index (χ1n) is 8.07. The van der Waals surface area contributed by atoms with Crippen LogP contribution in [-0.2, 0) is 0 Å². The van der Waals surface area contributed by atoms with Crippen LogP contribution in [0, 0.1) is 11.3 Å². The molecule has 2 fully saturated rings. The summed E-state index contributed by atoms with van der Waals surface area (Å²) in [6.07, 6.45) is 5.22. The van der Waals surface area contributed by atoms with Gasteiger partial charge in [-0.25, -0.2) is 0 Å². The zero-order valence-electron chi connectivity index (χ0n) is 13.6. The van der Waals surface area contributed by atoms with Crippen LogP contribution < -0.4 is 5.32 Å². The van der Waals surface area contributed by atoms with Crippen LogP contribution in [0.2, 0.25) is 0 Å². The van der Waals surface area contributed by atoms with Crippen molar-refractivity contribution in [3.63, 3.8) is 0 Å². The average molecular weight is 298 g/mol. The predicted octanol–water partition coefficient (Wildman–Crippen LogP) is 3.22. The van der Waals surface area contributed by atoms with E-state index in [1.165, 1.54) is 49.7 Å². The third kappa shape index (κ3) is 4.96. The Balaban J connectivity index is 1.74. The molecule has 0 amide bonds. The Morgan fingerprint density at radius 2 is 1.95 bits per heavy atom. The van der Waals surface area contributed by atoms with Gasteiger partial charge in [-0.3, -0.25) is 4.99 Å². The number of aliphatic imine (C=N–C) groups is 1. The van der Waals surface area contributed by atoms with Gasteiger partial charge in [0.25, 0.3) is 0 Å². The minimum atomic E-state index is 0.329. The second kappa shape index (κ2) is 7.17. The first kappa shape index (κ1) is 16.2. The van der Waals surface area contributed by atoms with Gasteiger partial charge in [0.2, 0.25) is 0 Å². The van der Waals surface area contributed by atoms with E-state index in [0.29, 0.717) is 11.5 Å². The molecular weight excluding hydrogens is 266 g/mol. The first-order chi connectivity index (χ1) is 9.45. The summed E-state index contributed by atoms with van der Waals surface area (Å²) in [5.74, 6) is 2.10. The lowest BCUT2D eigenvalue weighted by molar-refractivity contribution is 0.214. The summed E-state index contributed by atoms with van der Waals surface area (Å²) in [7, 11) is 2.23. The van der Waals surface area contributed by atoms with Crippen molar-refractivity contribution in [3.8, 4) is 0 Å². The molecule has 20 heavy (non-hydrogen) atoms. The molecule has 1 N–H and O–H groups in total. The fraction of sp³-hybridized carbons (Fsp3) is 0.938. The molecule has 0 bridgehead atoms. The van der Waals surface area contributed by atoms with E-state index in [4.69, 9.17) is 4.99 Å². The molecule has 0 aromatic carbocycles. The first-order valence-corrected chi connectivity index (χ1v) is 9.06. The molecular formula is C16H31N3S. The van der Waals surface area contributed by atoms with Crippen molar-refractivity contribution in [2.45, 2.75) is 52.5 Å². The molecule has 0 aliphatic carbocycles. The van der Waals surface area contributed by atoms with E-state index in [1.54, 1.807) is 0 Å². The number of hydrogen-bond acceptors (Lipinski definition) is 3. The lowest BCUT2D eigenvalue weighted by atomic mass is 9.85. The fourth-order valence-electron chi connectivity index (χ4n) is 2.98. The van der Waals surface area contributed by atoms with Crippen molar-refractivity contribution in [1.82, 2.24) is 10.2 Å². The van der Waals surface area contributed by atoms with Gasteiger partial charge < -0.3 is 10.2 Å². The Bertz CT molecular complexity index is 327. The highest BCUT2D eigenvalue weighted by Gasteiger charge is 2.28. The van der Waals surface area contributed by atoms with Crippen molar-refractivity contribution in [2.75, 3.05) is 32.4 Å². The molecule has 2 rings (SSSR count). The molecule has 2 aliphatic rings. The highest BCUT2D eigenvalue weighted by Crippen LogP contribution is 2.27. The predicted molar refractivity (Wildman–Crippen MR) is 90.6 cm³/mol. The highest BCUT2D eigenvalue weighted by atomic mass is 32.2. The molecule has 3 nitrogen and oxygen atoms in total. The van der Waals surface area contributed by atoms with Gasteiger partial charge in [0.05, 0.1) is 0 Å². The number of rotatable bonds is 3. The molecule has 0 saturated carbocycles. The maximum atomic E-state index is 4.81. The number of hydrogen-bond donors (Lipinski definition) is 1. The zero-order valence-corrected chi connectivity index (χ0v) is 14.4. The molecule has 0 aromatic heterocycles. The number of likely N-dealkylation sites (tertiary alicyclic amines) is 1. The quantitative estimate of drug-likeness (QED) is 0.867. The lowest BCUT2D eigenvalue weighted by Gasteiger charge is -2.35.